The molecule has 0 aromatic rings. The van der Waals surface area contributed by atoms with Gasteiger partial charge in [0.15, 0.2) is 0 Å². The predicted octanol–water partition coefficient (Wildman–Crippen LogP) is 8.84. The standard InChI is InChI=1S/C32H54O2/c1-21(2)12-11-13-22(3)24-15-16-25-23-20-28(34-29(33)30(4,5)6)27-14-9-10-18-31(27,7)26(23)17-19-32(24,25)8/h9-10,21-28H,11-20H2,1-8H3/t22-,23+,24-,25+,26+,27-,28-,31-,32-/m1/s1. The maximum Gasteiger partial charge on any atom is 0.311 e. The van der Waals surface area contributed by atoms with Crippen molar-refractivity contribution < 1.29 is 9.53 Å². The molecule has 4 rings (SSSR count). The van der Waals surface area contributed by atoms with Crippen molar-refractivity contribution >= 4 is 5.97 Å². The van der Waals surface area contributed by atoms with Crippen LogP contribution in [-0.4, -0.2) is 12.1 Å². The summed E-state index contributed by atoms with van der Waals surface area (Å²) in [7, 11) is 0. The Morgan fingerprint density at radius 3 is 2.35 bits per heavy atom. The molecular weight excluding hydrogens is 416 g/mol. The predicted molar refractivity (Wildman–Crippen MR) is 142 cm³/mol. The van der Waals surface area contributed by atoms with Crippen molar-refractivity contribution in [2.75, 3.05) is 0 Å². The molecule has 0 amide bonds. The van der Waals surface area contributed by atoms with Gasteiger partial charge < -0.3 is 4.74 Å². The Morgan fingerprint density at radius 1 is 0.971 bits per heavy atom. The van der Waals surface area contributed by atoms with E-state index in [4.69, 9.17) is 4.74 Å². The van der Waals surface area contributed by atoms with Crippen LogP contribution in [0.4, 0.5) is 0 Å². The number of esters is 1. The summed E-state index contributed by atoms with van der Waals surface area (Å²) >= 11 is 0. The third-order valence-corrected chi connectivity index (χ3v) is 11.3. The van der Waals surface area contributed by atoms with Crippen LogP contribution < -0.4 is 0 Å². The van der Waals surface area contributed by atoms with Gasteiger partial charge in [0.1, 0.15) is 6.10 Å². The Kier molecular flexibility index (Phi) is 7.41. The van der Waals surface area contributed by atoms with Gasteiger partial charge in [0, 0.05) is 5.92 Å². The molecule has 0 radical (unpaired) electrons. The van der Waals surface area contributed by atoms with Crippen molar-refractivity contribution in [1.82, 2.24) is 0 Å². The zero-order valence-corrected chi connectivity index (χ0v) is 23.7. The minimum atomic E-state index is -0.428. The number of allylic oxidation sites excluding steroid dienone is 2. The van der Waals surface area contributed by atoms with Crippen LogP contribution in [0.3, 0.4) is 0 Å². The van der Waals surface area contributed by atoms with Gasteiger partial charge in [-0.05, 0) is 112 Å². The summed E-state index contributed by atoms with van der Waals surface area (Å²) in [6, 6.07) is 0. The lowest BCUT2D eigenvalue weighted by atomic mass is 9.44. The molecule has 4 aliphatic carbocycles. The highest BCUT2D eigenvalue weighted by molar-refractivity contribution is 5.75. The molecular formula is C32H54O2. The highest BCUT2D eigenvalue weighted by Gasteiger charge is 2.62. The first-order chi connectivity index (χ1) is 15.9. The molecule has 0 aliphatic heterocycles. The second-order valence-electron chi connectivity index (χ2n) is 14.9. The smallest absolute Gasteiger partial charge is 0.311 e. The normalized spacial score (nSPS) is 42.6. The average molecular weight is 471 g/mol. The fraction of sp³-hybridized carbons (Fsp3) is 0.906. The highest BCUT2D eigenvalue weighted by atomic mass is 16.5. The molecule has 0 heterocycles. The van der Waals surface area contributed by atoms with E-state index in [1.807, 2.05) is 20.8 Å². The second-order valence-corrected chi connectivity index (χ2v) is 14.9. The van der Waals surface area contributed by atoms with Gasteiger partial charge in [-0.3, -0.25) is 4.79 Å². The van der Waals surface area contributed by atoms with E-state index in [9.17, 15) is 4.79 Å². The van der Waals surface area contributed by atoms with Crippen LogP contribution in [0.5, 0.6) is 0 Å². The largest absolute Gasteiger partial charge is 0.462 e. The van der Waals surface area contributed by atoms with Crippen LogP contribution in [0.2, 0.25) is 0 Å². The van der Waals surface area contributed by atoms with Gasteiger partial charge in [-0.15, -0.1) is 0 Å². The third-order valence-electron chi connectivity index (χ3n) is 11.3. The summed E-state index contributed by atoms with van der Waals surface area (Å²) in [5.74, 6) is 5.33. The number of rotatable bonds is 6. The molecule has 194 valence electrons. The van der Waals surface area contributed by atoms with Gasteiger partial charge >= 0.3 is 5.97 Å². The molecule has 0 bridgehead atoms. The summed E-state index contributed by atoms with van der Waals surface area (Å²) < 4.78 is 6.40. The minimum Gasteiger partial charge on any atom is -0.462 e. The Morgan fingerprint density at radius 2 is 1.68 bits per heavy atom. The van der Waals surface area contributed by atoms with Crippen molar-refractivity contribution in [2.24, 2.45) is 57.7 Å². The first-order valence-corrected chi connectivity index (χ1v) is 14.7. The van der Waals surface area contributed by atoms with Crippen LogP contribution in [0.25, 0.3) is 0 Å². The summed E-state index contributed by atoms with van der Waals surface area (Å²) in [6.45, 7) is 18.5. The number of carbonyl (C=O) groups excluding carboxylic acids is 1. The molecule has 0 spiro atoms. The Hall–Kier alpha value is -0.790. The van der Waals surface area contributed by atoms with Crippen molar-refractivity contribution in [3.63, 3.8) is 0 Å². The molecule has 34 heavy (non-hydrogen) atoms. The third kappa shape index (κ3) is 4.66. The van der Waals surface area contributed by atoms with E-state index in [1.54, 1.807) is 0 Å². The van der Waals surface area contributed by atoms with Gasteiger partial charge in [-0.2, -0.15) is 0 Å². The van der Waals surface area contributed by atoms with E-state index in [0.29, 0.717) is 11.3 Å². The van der Waals surface area contributed by atoms with Gasteiger partial charge in [-0.1, -0.05) is 66.0 Å². The zero-order valence-electron chi connectivity index (χ0n) is 23.7. The van der Waals surface area contributed by atoms with Crippen LogP contribution in [0, 0.1) is 57.7 Å². The van der Waals surface area contributed by atoms with Gasteiger partial charge in [0.25, 0.3) is 0 Å². The maximum atomic E-state index is 13.0. The number of hydrogen-bond acceptors (Lipinski definition) is 2. The van der Waals surface area contributed by atoms with Gasteiger partial charge in [-0.25, -0.2) is 0 Å². The van der Waals surface area contributed by atoms with E-state index in [0.717, 1.165) is 48.3 Å². The molecule has 0 aromatic carbocycles. The number of hydrogen-bond donors (Lipinski definition) is 0. The fourth-order valence-corrected chi connectivity index (χ4v) is 9.34. The molecule has 2 heteroatoms. The van der Waals surface area contributed by atoms with Crippen molar-refractivity contribution in [3.8, 4) is 0 Å². The van der Waals surface area contributed by atoms with E-state index < -0.39 is 5.41 Å². The Bertz CT molecular complexity index is 759. The summed E-state index contributed by atoms with van der Waals surface area (Å²) in [5.41, 5.74) is 0.330. The molecule has 0 N–H and O–H groups in total. The molecule has 3 fully saturated rings. The summed E-state index contributed by atoms with van der Waals surface area (Å²) in [6.07, 6.45) is 18.0. The molecule has 0 unspecified atom stereocenters. The maximum absolute atomic E-state index is 13.0. The van der Waals surface area contributed by atoms with E-state index in [-0.39, 0.29) is 17.5 Å². The summed E-state index contributed by atoms with van der Waals surface area (Å²) in [5, 5.41) is 0. The quantitative estimate of drug-likeness (QED) is 0.286. The van der Waals surface area contributed by atoms with Crippen molar-refractivity contribution in [3.05, 3.63) is 12.2 Å². The Balaban J connectivity index is 1.56. The Labute approximate surface area is 211 Å². The number of carbonyl (C=O) groups is 1. The first kappa shape index (κ1) is 26.3. The molecule has 3 saturated carbocycles. The van der Waals surface area contributed by atoms with E-state index >= 15 is 0 Å². The van der Waals surface area contributed by atoms with Crippen LogP contribution in [-0.2, 0) is 9.53 Å². The molecule has 9 atom stereocenters. The minimum absolute atomic E-state index is 0.00509. The van der Waals surface area contributed by atoms with Crippen molar-refractivity contribution in [2.45, 2.75) is 126 Å². The van der Waals surface area contributed by atoms with Crippen LogP contribution >= 0.6 is 0 Å². The zero-order chi connectivity index (χ0) is 24.9. The molecule has 4 aliphatic rings. The SMILES string of the molecule is CC(C)CCC[C@@H](C)[C@H]1CC[C@H]2[C@@H]3C[C@@H](OC(=O)C(C)(C)C)[C@H]4CC=CC[C@]4(C)[C@H]3CC[C@]12C. The second kappa shape index (κ2) is 9.59. The summed E-state index contributed by atoms with van der Waals surface area (Å²) in [4.78, 5) is 13.0. The molecule has 0 aromatic heterocycles. The number of ether oxygens (including phenoxy) is 1. The van der Waals surface area contributed by atoms with Crippen molar-refractivity contribution in [1.29, 1.82) is 0 Å². The van der Waals surface area contributed by atoms with Crippen LogP contribution in [0.15, 0.2) is 12.2 Å². The lowest BCUT2D eigenvalue weighted by molar-refractivity contribution is -0.186. The van der Waals surface area contributed by atoms with E-state index in [2.05, 4.69) is 46.8 Å². The molecule has 2 nitrogen and oxygen atoms in total. The lowest BCUT2D eigenvalue weighted by Crippen LogP contribution is -2.57. The highest BCUT2D eigenvalue weighted by Crippen LogP contribution is 2.68. The molecule has 0 saturated heterocycles. The lowest BCUT2D eigenvalue weighted by Gasteiger charge is -2.61. The average Bonchev–Trinajstić information content (AvgIpc) is 3.10. The number of fused-ring (bicyclic) bond motifs is 5. The van der Waals surface area contributed by atoms with E-state index in [1.165, 1.54) is 51.4 Å². The fourth-order valence-electron chi connectivity index (χ4n) is 9.34. The van der Waals surface area contributed by atoms with Gasteiger partial charge in [0.05, 0.1) is 5.41 Å². The van der Waals surface area contributed by atoms with Gasteiger partial charge in [0.2, 0.25) is 0 Å². The topological polar surface area (TPSA) is 26.3 Å². The van der Waals surface area contributed by atoms with Crippen LogP contribution in [0.1, 0.15) is 120 Å². The monoisotopic (exact) mass is 470 g/mol. The first-order valence-electron chi connectivity index (χ1n) is 14.7.